The summed E-state index contributed by atoms with van der Waals surface area (Å²) in [5.41, 5.74) is 2.06. The molecule has 0 saturated carbocycles. The fourth-order valence-electron chi connectivity index (χ4n) is 1.71. The molecule has 0 fully saturated rings. The molecule has 0 aliphatic heterocycles. The molecule has 0 aliphatic rings. The van der Waals surface area contributed by atoms with E-state index in [0.717, 1.165) is 36.7 Å². The monoisotopic (exact) mass is 230 g/mol. The van der Waals surface area contributed by atoms with Gasteiger partial charge in [-0.05, 0) is 25.5 Å². The minimum Gasteiger partial charge on any atom is -0.377 e. The molecule has 2 rings (SSSR count). The number of nitrogens with one attached hydrogen (secondary N) is 1. The van der Waals surface area contributed by atoms with Gasteiger partial charge < -0.3 is 9.88 Å². The van der Waals surface area contributed by atoms with Crippen LogP contribution in [0.4, 0.5) is 5.69 Å². The predicted octanol–water partition coefficient (Wildman–Crippen LogP) is 2.61. The smallest absolute Gasteiger partial charge is 0.128 e. The summed E-state index contributed by atoms with van der Waals surface area (Å²) in [6, 6.07) is 4.04. The fraction of sp³-hybridized carbons (Fsp3) is 0.385. The highest BCUT2D eigenvalue weighted by Gasteiger charge is 2.01. The van der Waals surface area contributed by atoms with Crippen molar-refractivity contribution < 1.29 is 0 Å². The molecule has 1 N–H and O–H groups in total. The lowest BCUT2D eigenvalue weighted by atomic mass is 10.3. The Labute approximate surface area is 102 Å². The van der Waals surface area contributed by atoms with Crippen molar-refractivity contribution in [3.05, 3.63) is 42.2 Å². The van der Waals surface area contributed by atoms with Gasteiger partial charge >= 0.3 is 0 Å². The number of imidazole rings is 1. The molecular weight excluding hydrogens is 212 g/mol. The van der Waals surface area contributed by atoms with Gasteiger partial charge in [-0.25, -0.2) is 4.98 Å². The zero-order valence-electron chi connectivity index (χ0n) is 10.3. The first-order valence-corrected chi connectivity index (χ1v) is 5.96. The summed E-state index contributed by atoms with van der Waals surface area (Å²) in [6.07, 6.45) is 6.84. The summed E-state index contributed by atoms with van der Waals surface area (Å²) in [4.78, 5) is 8.60. The van der Waals surface area contributed by atoms with E-state index in [1.54, 1.807) is 0 Å². The first-order valence-electron chi connectivity index (χ1n) is 5.96. The average Bonchev–Trinajstić information content (AvgIpc) is 2.77. The molecule has 4 nitrogen and oxygen atoms in total. The van der Waals surface area contributed by atoms with Gasteiger partial charge in [0, 0.05) is 24.6 Å². The van der Waals surface area contributed by atoms with Crippen LogP contribution in [-0.4, -0.2) is 14.5 Å². The SMILES string of the molecule is CCCn1ccnc1CNc1ccc(C)nc1. The maximum Gasteiger partial charge on any atom is 0.128 e. The van der Waals surface area contributed by atoms with Crippen molar-refractivity contribution in [1.29, 1.82) is 0 Å². The Morgan fingerprint density at radius 1 is 1.29 bits per heavy atom. The van der Waals surface area contributed by atoms with Gasteiger partial charge in [0.2, 0.25) is 0 Å². The Morgan fingerprint density at radius 3 is 2.88 bits per heavy atom. The molecule has 90 valence electrons. The van der Waals surface area contributed by atoms with Crippen LogP contribution in [0, 0.1) is 6.92 Å². The zero-order chi connectivity index (χ0) is 12.1. The third-order valence-electron chi connectivity index (χ3n) is 2.63. The molecular formula is C13H18N4. The largest absolute Gasteiger partial charge is 0.377 e. The van der Waals surface area contributed by atoms with Crippen LogP contribution >= 0.6 is 0 Å². The van der Waals surface area contributed by atoms with Crippen LogP contribution in [0.25, 0.3) is 0 Å². The Hall–Kier alpha value is -1.84. The number of anilines is 1. The molecule has 0 spiro atoms. The second-order valence-electron chi connectivity index (χ2n) is 4.08. The number of hydrogen-bond acceptors (Lipinski definition) is 3. The van der Waals surface area contributed by atoms with Gasteiger partial charge in [0.15, 0.2) is 0 Å². The summed E-state index contributed by atoms with van der Waals surface area (Å²) < 4.78 is 2.18. The number of pyridine rings is 1. The van der Waals surface area contributed by atoms with Crippen LogP contribution in [0.2, 0.25) is 0 Å². The van der Waals surface area contributed by atoms with E-state index < -0.39 is 0 Å². The number of rotatable bonds is 5. The van der Waals surface area contributed by atoms with Crippen molar-refractivity contribution >= 4 is 5.69 Å². The molecule has 0 amide bonds. The highest BCUT2D eigenvalue weighted by molar-refractivity contribution is 5.40. The van der Waals surface area contributed by atoms with Crippen LogP contribution in [0.1, 0.15) is 24.9 Å². The van der Waals surface area contributed by atoms with Crippen molar-refractivity contribution in [3.8, 4) is 0 Å². The van der Waals surface area contributed by atoms with Gasteiger partial charge in [-0.15, -0.1) is 0 Å². The first-order chi connectivity index (χ1) is 8.29. The highest BCUT2D eigenvalue weighted by atomic mass is 15.1. The summed E-state index contributed by atoms with van der Waals surface area (Å²) in [6.45, 7) is 5.90. The predicted molar refractivity (Wildman–Crippen MR) is 68.8 cm³/mol. The lowest BCUT2D eigenvalue weighted by Gasteiger charge is -2.08. The minimum absolute atomic E-state index is 0.734. The molecule has 0 bridgehead atoms. The first kappa shape index (κ1) is 11.6. The van der Waals surface area contributed by atoms with E-state index in [4.69, 9.17) is 0 Å². The van der Waals surface area contributed by atoms with Gasteiger partial charge in [0.05, 0.1) is 18.4 Å². The molecule has 0 unspecified atom stereocenters. The van der Waals surface area contributed by atoms with Crippen molar-refractivity contribution in [2.75, 3.05) is 5.32 Å². The summed E-state index contributed by atoms with van der Waals surface area (Å²) in [7, 11) is 0. The molecule has 2 aromatic heterocycles. The minimum atomic E-state index is 0.734. The summed E-state index contributed by atoms with van der Waals surface area (Å²) in [5, 5.41) is 3.33. The quantitative estimate of drug-likeness (QED) is 0.858. The van der Waals surface area contributed by atoms with Gasteiger partial charge in [0.25, 0.3) is 0 Å². The van der Waals surface area contributed by atoms with E-state index in [-0.39, 0.29) is 0 Å². The Bertz CT molecular complexity index is 459. The molecule has 4 heteroatoms. The maximum atomic E-state index is 4.35. The molecule has 0 aliphatic carbocycles. The van der Waals surface area contributed by atoms with Crippen molar-refractivity contribution in [2.45, 2.75) is 33.4 Å². The average molecular weight is 230 g/mol. The molecule has 2 aromatic rings. The van der Waals surface area contributed by atoms with E-state index >= 15 is 0 Å². The van der Waals surface area contributed by atoms with Crippen LogP contribution in [0.5, 0.6) is 0 Å². The Balaban J connectivity index is 1.97. The van der Waals surface area contributed by atoms with Crippen molar-refractivity contribution in [3.63, 3.8) is 0 Å². The Morgan fingerprint density at radius 2 is 2.18 bits per heavy atom. The van der Waals surface area contributed by atoms with E-state index in [1.807, 2.05) is 37.6 Å². The molecule has 2 heterocycles. The lowest BCUT2D eigenvalue weighted by Crippen LogP contribution is -2.08. The summed E-state index contributed by atoms with van der Waals surface area (Å²) >= 11 is 0. The molecule has 0 aromatic carbocycles. The third kappa shape index (κ3) is 3.06. The number of nitrogens with zero attached hydrogens (tertiary/aromatic N) is 3. The zero-order valence-corrected chi connectivity index (χ0v) is 10.3. The highest BCUT2D eigenvalue weighted by Crippen LogP contribution is 2.08. The van der Waals surface area contributed by atoms with E-state index in [1.165, 1.54) is 0 Å². The second-order valence-corrected chi connectivity index (χ2v) is 4.08. The van der Waals surface area contributed by atoms with Gasteiger partial charge in [0.1, 0.15) is 5.82 Å². The number of aryl methyl sites for hydroxylation is 2. The second kappa shape index (κ2) is 5.48. The normalized spacial score (nSPS) is 10.5. The van der Waals surface area contributed by atoms with Gasteiger partial charge in [-0.2, -0.15) is 0 Å². The Kier molecular flexibility index (Phi) is 3.75. The maximum absolute atomic E-state index is 4.35. The summed E-state index contributed by atoms with van der Waals surface area (Å²) in [5.74, 6) is 1.06. The van der Waals surface area contributed by atoms with Crippen LogP contribution < -0.4 is 5.32 Å². The standard InChI is InChI=1S/C13H18N4/c1-3-7-17-8-6-14-13(17)10-16-12-5-4-11(2)15-9-12/h4-6,8-9,16H,3,7,10H2,1-2H3. The topological polar surface area (TPSA) is 42.7 Å². The molecule has 0 radical (unpaired) electrons. The van der Waals surface area contributed by atoms with Crippen LogP contribution in [0.3, 0.4) is 0 Å². The molecule has 0 atom stereocenters. The lowest BCUT2D eigenvalue weighted by molar-refractivity contribution is 0.644. The van der Waals surface area contributed by atoms with Crippen LogP contribution in [-0.2, 0) is 13.1 Å². The molecule has 17 heavy (non-hydrogen) atoms. The molecule has 0 saturated heterocycles. The van der Waals surface area contributed by atoms with Gasteiger partial charge in [-0.3, -0.25) is 4.98 Å². The third-order valence-corrected chi connectivity index (χ3v) is 2.63. The van der Waals surface area contributed by atoms with Gasteiger partial charge in [-0.1, -0.05) is 6.92 Å². The van der Waals surface area contributed by atoms with Crippen molar-refractivity contribution in [1.82, 2.24) is 14.5 Å². The fourth-order valence-corrected chi connectivity index (χ4v) is 1.71. The van der Waals surface area contributed by atoms with Crippen LogP contribution in [0.15, 0.2) is 30.7 Å². The van der Waals surface area contributed by atoms with Crippen molar-refractivity contribution in [2.24, 2.45) is 0 Å². The van der Waals surface area contributed by atoms with E-state index in [9.17, 15) is 0 Å². The van der Waals surface area contributed by atoms with E-state index in [0.29, 0.717) is 0 Å². The number of hydrogen-bond donors (Lipinski definition) is 1. The number of aromatic nitrogens is 3. The van der Waals surface area contributed by atoms with E-state index in [2.05, 4.69) is 26.8 Å².